The van der Waals surface area contributed by atoms with Gasteiger partial charge in [-0.15, -0.1) is 0 Å². The maximum Gasteiger partial charge on any atom is 0.276 e. The number of sulfonamides is 1. The van der Waals surface area contributed by atoms with Gasteiger partial charge in [0.25, 0.3) is 10.0 Å². The van der Waals surface area contributed by atoms with Gasteiger partial charge in [0.15, 0.2) is 0 Å². The van der Waals surface area contributed by atoms with Gasteiger partial charge in [-0.3, -0.25) is 0 Å². The van der Waals surface area contributed by atoms with Crippen LogP contribution in [-0.2, 0) is 10.0 Å². The fourth-order valence-electron chi connectivity index (χ4n) is 1.94. The van der Waals surface area contributed by atoms with Crippen LogP contribution in [0.5, 0.6) is 11.5 Å². The Morgan fingerprint density at radius 3 is 2.35 bits per heavy atom. The standard InChI is InChI=1S/C16H18N2O4S/c1-12(15-10-9-13(21-2)11-16(15)22-3)17-18-23(19,20)14-7-5-4-6-8-14/h4-11,18H,1-3H3/b17-12-. The van der Waals surface area contributed by atoms with Crippen molar-refractivity contribution in [1.82, 2.24) is 4.83 Å². The van der Waals surface area contributed by atoms with Gasteiger partial charge < -0.3 is 9.47 Å². The van der Waals surface area contributed by atoms with Gasteiger partial charge in [0, 0.05) is 11.6 Å². The fraction of sp³-hybridized carbons (Fsp3) is 0.188. The van der Waals surface area contributed by atoms with E-state index in [0.717, 1.165) is 0 Å². The fourth-order valence-corrected chi connectivity index (χ4v) is 2.82. The molecule has 0 aliphatic rings. The maximum atomic E-state index is 12.2. The minimum atomic E-state index is -3.70. The SMILES string of the molecule is COc1ccc(/C(C)=N\NS(=O)(=O)c2ccccc2)c(OC)c1. The van der Waals surface area contributed by atoms with Crippen LogP contribution >= 0.6 is 0 Å². The molecule has 2 aromatic rings. The van der Waals surface area contributed by atoms with E-state index in [2.05, 4.69) is 9.93 Å². The van der Waals surface area contributed by atoms with Crippen LogP contribution in [0, 0.1) is 0 Å². The summed E-state index contributed by atoms with van der Waals surface area (Å²) in [6, 6.07) is 13.3. The lowest BCUT2D eigenvalue weighted by Gasteiger charge is -2.10. The number of methoxy groups -OCH3 is 2. The predicted molar refractivity (Wildman–Crippen MR) is 88.5 cm³/mol. The van der Waals surface area contributed by atoms with E-state index in [-0.39, 0.29) is 4.90 Å². The number of hydrogen-bond donors (Lipinski definition) is 1. The van der Waals surface area contributed by atoms with E-state index in [9.17, 15) is 8.42 Å². The summed E-state index contributed by atoms with van der Waals surface area (Å²) >= 11 is 0. The molecule has 7 heteroatoms. The average molecular weight is 334 g/mol. The largest absolute Gasteiger partial charge is 0.497 e. The number of nitrogens with zero attached hydrogens (tertiary/aromatic N) is 1. The molecule has 2 aromatic carbocycles. The number of benzene rings is 2. The van der Waals surface area contributed by atoms with Crippen LogP contribution in [0.3, 0.4) is 0 Å². The number of hydrazone groups is 1. The van der Waals surface area contributed by atoms with Crippen LogP contribution < -0.4 is 14.3 Å². The molecule has 0 radical (unpaired) electrons. The molecule has 0 heterocycles. The molecule has 2 rings (SSSR count). The van der Waals surface area contributed by atoms with E-state index in [0.29, 0.717) is 22.8 Å². The third-order valence-electron chi connectivity index (χ3n) is 3.19. The predicted octanol–water partition coefficient (Wildman–Crippen LogP) is 2.41. The molecule has 6 nitrogen and oxygen atoms in total. The van der Waals surface area contributed by atoms with Gasteiger partial charge >= 0.3 is 0 Å². The Balaban J connectivity index is 2.27. The highest BCUT2D eigenvalue weighted by Crippen LogP contribution is 2.25. The van der Waals surface area contributed by atoms with E-state index in [1.807, 2.05) is 0 Å². The van der Waals surface area contributed by atoms with Gasteiger partial charge in [-0.1, -0.05) is 18.2 Å². The van der Waals surface area contributed by atoms with Crippen molar-refractivity contribution in [2.24, 2.45) is 5.10 Å². The van der Waals surface area contributed by atoms with Gasteiger partial charge in [0.2, 0.25) is 0 Å². The molecule has 0 unspecified atom stereocenters. The van der Waals surface area contributed by atoms with E-state index >= 15 is 0 Å². The maximum absolute atomic E-state index is 12.2. The first-order valence-electron chi connectivity index (χ1n) is 6.81. The Bertz CT molecular complexity index is 802. The zero-order valence-electron chi connectivity index (χ0n) is 13.1. The molecule has 0 amide bonds. The molecule has 0 aliphatic carbocycles. The minimum absolute atomic E-state index is 0.151. The first-order chi connectivity index (χ1) is 11.0. The summed E-state index contributed by atoms with van der Waals surface area (Å²) in [4.78, 5) is 2.38. The van der Waals surface area contributed by atoms with Gasteiger partial charge in [-0.2, -0.15) is 18.4 Å². The second kappa shape index (κ2) is 7.15. The molecule has 0 saturated heterocycles. The molecule has 23 heavy (non-hydrogen) atoms. The van der Waals surface area contributed by atoms with Crippen molar-refractivity contribution in [1.29, 1.82) is 0 Å². The van der Waals surface area contributed by atoms with Crippen molar-refractivity contribution < 1.29 is 17.9 Å². The zero-order chi connectivity index (χ0) is 16.9. The van der Waals surface area contributed by atoms with Crippen LogP contribution in [0.25, 0.3) is 0 Å². The molecular weight excluding hydrogens is 316 g/mol. The second-order valence-corrected chi connectivity index (χ2v) is 6.33. The summed E-state index contributed by atoms with van der Waals surface area (Å²) in [5.74, 6) is 1.19. The van der Waals surface area contributed by atoms with E-state index in [4.69, 9.17) is 9.47 Å². The van der Waals surface area contributed by atoms with E-state index in [1.165, 1.54) is 19.2 Å². The number of ether oxygens (including phenoxy) is 2. The highest BCUT2D eigenvalue weighted by Gasteiger charge is 2.13. The van der Waals surface area contributed by atoms with Crippen LogP contribution in [0.2, 0.25) is 0 Å². The van der Waals surface area contributed by atoms with Crippen LogP contribution in [0.1, 0.15) is 12.5 Å². The second-order valence-electron chi connectivity index (χ2n) is 4.67. The molecule has 122 valence electrons. The van der Waals surface area contributed by atoms with Crippen LogP contribution in [0.4, 0.5) is 0 Å². The highest BCUT2D eigenvalue weighted by molar-refractivity contribution is 7.89. The van der Waals surface area contributed by atoms with Gasteiger partial charge in [-0.05, 0) is 31.2 Å². The van der Waals surface area contributed by atoms with Crippen molar-refractivity contribution in [3.8, 4) is 11.5 Å². The molecule has 1 N–H and O–H groups in total. The van der Waals surface area contributed by atoms with Crippen molar-refractivity contribution >= 4 is 15.7 Å². The van der Waals surface area contributed by atoms with Gasteiger partial charge in [-0.25, -0.2) is 0 Å². The molecule has 0 aromatic heterocycles. The lowest BCUT2D eigenvalue weighted by atomic mass is 10.1. The Kier molecular flexibility index (Phi) is 5.23. The van der Waals surface area contributed by atoms with Gasteiger partial charge in [0.05, 0.1) is 24.8 Å². The third-order valence-corrected chi connectivity index (χ3v) is 4.41. The summed E-state index contributed by atoms with van der Waals surface area (Å²) in [5.41, 5.74) is 1.15. The highest BCUT2D eigenvalue weighted by atomic mass is 32.2. The van der Waals surface area contributed by atoms with Crippen molar-refractivity contribution in [3.63, 3.8) is 0 Å². The lowest BCUT2D eigenvalue weighted by molar-refractivity contribution is 0.394. The Hall–Kier alpha value is -2.54. The molecule has 0 bridgehead atoms. The van der Waals surface area contributed by atoms with Gasteiger partial charge in [0.1, 0.15) is 11.5 Å². The summed E-state index contributed by atoms with van der Waals surface area (Å²) in [7, 11) is -0.612. The molecule has 0 atom stereocenters. The van der Waals surface area contributed by atoms with E-state index in [1.54, 1.807) is 50.4 Å². The van der Waals surface area contributed by atoms with Crippen molar-refractivity contribution in [2.75, 3.05) is 14.2 Å². The third kappa shape index (κ3) is 4.01. The normalized spacial score (nSPS) is 11.9. The first kappa shape index (κ1) is 16.8. The van der Waals surface area contributed by atoms with Crippen LogP contribution in [-0.4, -0.2) is 28.3 Å². The smallest absolute Gasteiger partial charge is 0.276 e. The first-order valence-corrected chi connectivity index (χ1v) is 8.30. The summed E-state index contributed by atoms with van der Waals surface area (Å²) in [6.07, 6.45) is 0. The minimum Gasteiger partial charge on any atom is -0.497 e. The molecule has 0 fully saturated rings. The lowest BCUT2D eigenvalue weighted by Crippen LogP contribution is -2.20. The van der Waals surface area contributed by atoms with Crippen LogP contribution in [0.15, 0.2) is 58.5 Å². The molecular formula is C16H18N2O4S. The van der Waals surface area contributed by atoms with E-state index < -0.39 is 10.0 Å². The number of rotatable bonds is 6. The number of hydrogen-bond acceptors (Lipinski definition) is 5. The summed E-state index contributed by atoms with van der Waals surface area (Å²) < 4.78 is 34.7. The molecule has 0 aliphatic heterocycles. The molecule has 0 spiro atoms. The average Bonchev–Trinajstić information content (AvgIpc) is 2.59. The van der Waals surface area contributed by atoms with Crippen molar-refractivity contribution in [2.45, 2.75) is 11.8 Å². The summed E-state index contributed by atoms with van der Waals surface area (Å²) in [6.45, 7) is 1.69. The number of nitrogens with one attached hydrogen (secondary N) is 1. The summed E-state index contributed by atoms with van der Waals surface area (Å²) in [5, 5.41) is 3.96. The Labute approximate surface area is 135 Å². The monoisotopic (exact) mass is 334 g/mol. The topological polar surface area (TPSA) is 77.0 Å². The Morgan fingerprint density at radius 1 is 1.04 bits per heavy atom. The Morgan fingerprint density at radius 2 is 1.74 bits per heavy atom. The quantitative estimate of drug-likeness (QED) is 0.650. The zero-order valence-corrected chi connectivity index (χ0v) is 13.9. The molecule has 0 saturated carbocycles. The van der Waals surface area contributed by atoms with Crippen molar-refractivity contribution in [3.05, 3.63) is 54.1 Å².